The molecule has 14 heavy (non-hydrogen) atoms. The molecular weight excluding hydrogens is 198 g/mol. The summed E-state index contributed by atoms with van der Waals surface area (Å²) in [6.07, 6.45) is 2.34. The van der Waals surface area contributed by atoms with Crippen LogP contribution in [0.1, 0.15) is 41.6 Å². The first-order valence-electron chi connectivity index (χ1n) is 4.78. The van der Waals surface area contributed by atoms with Gasteiger partial charge in [0.05, 0.1) is 12.2 Å². The highest BCUT2D eigenvalue weighted by Crippen LogP contribution is 2.45. The van der Waals surface area contributed by atoms with Gasteiger partial charge in [0, 0.05) is 0 Å². The van der Waals surface area contributed by atoms with Gasteiger partial charge in [-0.2, -0.15) is 0 Å². The van der Waals surface area contributed by atoms with E-state index in [9.17, 15) is 4.79 Å². The van der Waals surface area contributed by atoms with Gasteiger partial charge in [-0.3, -0.25) is 0 Å². The van der Waals surface area contributed by atoms with Gasteiger partial charge in [-0.1, -0.05) is 0 Å². The number of nitrogen functional groups attached to an aromatic ring is 1. The second-order valence-corrected chi connectivity index (χ2v) is 4.34. The molecule has 0 aromatic carbocycles. The Morgan fingerprint density at radius 3 is 3.00 bits per heavy atom. The van der Waals surface area contributed by atoms with Crippen molar-refractivity contribution in [3.8, 4) is 0 Å². The van der Waals surface area contributed by atoms with Crippen molar-refractivity contribution in [3.05, 3.63) is 16.5 Å². The minimum absolute atomic E-state index is 0.270. The molecule has 0 amide bonds. The molecule has 1 aliphatic rings. The first-order valence-corrected chi connectivity index (χ1v) is 5.66. The molecule has 0 unspecified atom stereocenters. The van der Waals surface area contributed by atoms with Gasteiger partial charge in [-0.15, -0.1) is 11.3 Å². The summed E-state index contributed by atoms with van der Waals surface area (Å²) in [5.41, 5.74) is 7.46. The Kier molecular flexibility index (Phi) is 2.46. The Morgan fingerprint density at radius 1 is 1.71 bits per heavy atom. The quantitative estimate of drug-likeness (QED) is 0.781. The number of nitrogens with two attached hydrogens (primary N) is 1. The topological polar surface area (TPSA) is 52.3 Å². The summed E-state index contributed by atoms with van der Waals surface area (Å²) < 4.78 is 4.97. The van der Waals surface area contributed by atoms with Crippen molar-refractivity contribution in [2.45, 2.75) is 25.7 Å². The molecule has 4 heteroatoms. The normalized spacial score (nSPS) is 15.5. The lowest BCUT2D eigenvalue weighted by molar-refractivity contribution is 0.0527. The molecule has 0 atom stereocenters. The molecule has 2 rings (SSSR count). The SMILES string of the molecule is CCOC(=O)c1c(C2CC2)csc1N. The average molecular weight is 211 g/mol. The lowest BCUT2D eigenvalue weighted by Crippen LogP contribution is -2.08. The van der Waals surface area contributed by atoms with Crippen LogP contribution >= 0.6 is 11.3 Å². The maximum atomic E-state index is 11.6. The first-order chi connectivity index (χ1) is 6.74. The Hall–Kier alpha value is -1.03. The van der Waals surface area contributed by atoms with E-state index in [1.807, 2.05) is 5.38 Å². The molecule has 1 aliphatic carbocycles. The molecule has 0 spiro atoms. The van der Waals surface area contributed by atoms with Gasteiger partial charge in [-0.25, -0.2) is 4.79 Å². The summed E-state index contributed by atoms with van der Waals surface area (Å²) in [7, 11) is 0. The average Bonchev–Trinajstić information content (AvgIpc) is 2.90. The standard InChI is InChI=1S/C10H13NO2S/c1-2-13-10(12)8-7(6-3-4-6)5-14-9(8)11/h5-6H,2-4,11H2,1H3. The van der Waals surface area contributed by atoms with Gasteiger partial charge >= 0.3 is 5.97 Å². The molecule has 1 aromatic rings. The number of hydrogen-bond donors (Lipinski definition) is 1. The molecular formula is C10H13NO2S. The second-order valence-electron chi connectivity index (χ2n) is 3.43. The molecule has 0 saturated heterocycles. The number of carbonyl (C=O) groups excluding carboxylic acids is 1. The van der Waals surface area contributed by atoms with Crippen LogP contribution in [0.15, 0.2) is 5.38 Å². The number of rotatable bonds is 3. The molecule has 1 aromatic heterocycles. The zero-order valence-corrected chi connectivity index (χ0v) is 8.89. The van der Waals surface area contributed by atoms with E-state index in [1.54, 1.807) is 6.92 Å². The molecule has 1 heterocycles. The molecule has 76 valence electrons. The van der Waals surface area contributed by atoms with Gasteiger partial charge in [0.1, 0.15) is 5.00 Å². The van der Waals surface area contributed by atoms with E-state index in [0.717, 1.165) is 5.56 Å². The maximum absolute atomic E-state index is 11.6. The highest BCUT2D eigenvalue weighted by atomic mass is 32.1. The van der Waals surface area contributed by atoms with Crippen LogP contribution in [0.3, 0.4) is 0 Å². The fraction of sp³-hybridized carbons (Fsp3) is 0.500. The number of ether oxygens (including phenoxy) is 1. The summed E-state index contributed by atoms with van der Waals surface area (Å²) in [5.74, 6) is 0.274. The van der Waals surface area contributed by atoms with Gasteiger partial charge < -0.3 is 10.5 Å². The minimum atomic E-state index is -0.270. The van der Waals surface area contributed by atoms with Crippen LogP contribution in [-0.2, 0) is 4.74 Å². The van der Waals surface area contributed by atoms with Crippen molar-refractivity contribution in [2.24, 2.45) is 0 Å². The van der Waals surface area contributed by atoms with Crippen molar-refractivity contribution >= 4 is 22.3 Å². The zero-order chi connectivity index (χ0) is 10.1. The van der Waals surface area contributed by atoms with Gasteiger partial charge in [0.25, 0.3) is 0 Å². The van der Waals surface area contributed by atoms with Crippen molar-refractivity contribution in [1.82, 2.24) is 0 Å². The molecule has 0 radical (unpaired) electrons. The predicted octanol–water partition coefficient (Wildman–Crippen LogP) is 2.38. The summed E-state index contributed by atoms with van der Waals surface area (Å²) >= 11 is 1.43. The molecule has 2 N–H and O–H groups in total. The van der Waals surface area contributed by atoms with E-state index in [0.29, 0.717) is 23.1 Å². The summed E-state index contributed by atoms with van der Waals surface area (Å²) in [4.78, 5) is 11.6. The third-order valence-corrected chi connectivity index (χ3v) is 3.17. The number of hydrogen-bond acceptors (Lipinski definition) is 4. The molecule has 1 saturated carbocycles. The van der Waals surface area contributed by atoms with E-state index in [-0.39, 0.29) is 5.97 Å². The van der Waals surface area contributed by atoms with Gasteiger partial charge in [-0.05, 0) is 36.6 Å². The predicted molar refractivity (Wildman–Crippen MR) is 56.7 cm³/mol. The van der Waals surface area contributed by atoms with Crippen LogP contribution in [0.2, 0.25) is 0 Å². The Labute approximate surface area is 86.9 Å². The fourth-order valence-corrected chi connectivity index (χ4v) is 2.39. The summed E-state index contributed by atoms with van der Waals surface area (Å²) in [5, 5.41) is 2.57. The Balaban J connectivity index is 2.29. The minimum Gasteiger partial charge on any atom is -0.462 e. The maximum Gasteiger partial charge on any atom is 0.341 e. The van der Waals surface area contributed by atoms with Gasteiger partial charge in [0.2, 0.25) is 0 Å². The van der Waals surface area contributed by atoms with Crippen LogP contribution in [0, 0.1) is 0 Å². The first kappa shape index (κ1) is 9.52. The lowest BCUT2D eigenvalue weighted by atomic mass is 10.1. The van der Waals surface area contributed by atoms with E-state index < -0.39 is 0 Å². The van der Waals surface area contributed by atoms with Crippen LogP contribution in [0.4, 0.5) is 5.00 Å². The Bertz CT molecular complexity index is 355. The summed E-state index contributed by atoms with van der Waals surface area (Å²) in [6.45, 7) is 2.20. The molecule has 3 nitrogen and oxygen atoms in total. The van der Waals surface area contributed by atoms with Crippen molar-refractivity contribution in [2.75, 3.05) is 12.3 Å². The second kappa shape index (κ2) is 3.61. The zero-order valence-electron chi connectivity index (χ0n) is 8.08. The third-order valence-electron chi connectivity index (χ3n) is 2.34. The van der Waals surface area contributed by atoms with Crippen LogP contribution in [0.25, 0.3) is 0 Å². The molecule has 0 bridgehead atoms. The van der Waals surface area contributed by atoms with E-state index >= 15 is 0 Å². The Morgan fingerprint density at radius 2 is 2.43 bits per heavy atom. The highest BCUT2D eigenvalue weighted by molar-refractivity contribution is 7.14. The number of carbonyl (C=O) groups is 1. The number of anilines is 1. The summed E-state index contributed by atoms with van der Waals surface area (Å²) in [6, 6.07) is 0. The fourth-order valence-electron chi connectivity index (χ4n) is 1.50. The van der Waals surface area contributed by atoms with Crippen molar-refractivity contribution in [1.29, 1.82) is 0 Å². The van der Waals surface area contributed by atoms with E-state index in [1.165, 1.54) is 24.2 Å². The highest BCUT2D eigenvalue weighted by Gasteiger charge is 2.31. The number of esters is 1. The van der Waals surface area contributed by atoms with Crippen LogP contribution in [0.5, 0.6) is 0 Å². The monoisotopic (exact) mass is 211 g/mol. The third kappa shape index (κ3) is 1.62. The smallest absolute Gasteiger partial charge is 0.341 e. The van der Waals surface area contributed by atoms with Crippen molar-refractivity contribution < 1.29 is 9.53 Å². The lowest BCUT2D eigenvalue weighted by Gasteiger charge is -2.03. The van der Waals surface area contributed by atoms with E-state index in [2.05, 4.69) is 0 Å². The van der Waals surface area contributed by atoms with E-state index in [4.69, 9.17) is 10.5 Å². The van der Waals surface area contributed by atoms with Crippen LogP contribution < -0.4 is 5.73 Å². The largest absolute Gasteiger partial charge is 0.462 e. The van der Waals surface area contributed by atoms with Crippen molar-refractivity contribution in [3.63, 3.8) is 0 Å². The molecule has 0 aliphatic heterocycles. The van der Waals surface area contributed by atoms with Crippen LogP contribution in [-0.4, -0.2) is 12.6 Å². The molecule has 1 fully saturated rings. The number of thiophene rings is 1. The van der Waals surface area contributed by atoms with Gasteiger partial charge in [0.15, 0.2) is 0 Å².